The minimum Gasteiger partial charge on any atom is -0.484 e. The number of amides is 3. The zero-order valence-corrected chi connectivity index (χ0v) is 15.0. The van der Waals surface area contributed by atoms with Crippen molar-refractivity contribution in [2.75, 3.05) is 32.8 Å². The first-order valence-corrected chi connectivity index (χ1v) is 9.21. The Balaban J connectivity index is 1.39. The lowest BCUT2D eigenvalue weighted by Gasteiger charge is -2.35. The van der Waals surface area contributed by atoms with E-state index in [0.29, 0.717) is 43.0 Å². The number of carbonyl (C=O) groups excluding carboxylic acids is 2. The molecule has 2 fully saturated rings. The number of rotatable bonds is 4. The summed E-state index contributed by atoms with van der Waals surface area (Å²) in [4.78, 5) is 28.0. The van der Waals surface area contributed by atoms with Crippen molar-refractivity contribution in [2.24, 2.45) is 0 Å². The van der Waals surface area contributed by atoms with Gasteiger partial charge in [-0.05, 0) is 37.1 Å². The van der Waals surface area contributed by atoms with Crippen LogP contribution in [0.2, 0.25) is 5.02 Å². The molecule has 3 rings (SSSR count). The molecule has 1 aliphatic carbocycles. The van der Waals surface area contributed by atoms with Crippen molar-refractivity contribution < 1.29 is 14.3 Å². The van der Waals surface area contributed by atoms with Crippen molar-refractivity contribution in [1.82, 2.24) is 15.1 Å². The number of halogens is 1. The van der Waals surface area contributed by atoms with E-state index in [1.54, 1.807) is 34.1 Å². The van der Waals surface area contributed by atoms with E-state index in [1.165, 1.54) is 12.8 Å². The maximum Gasteiger partial charge on any atom is 0.317 e. The summed E-state index contributed by atoms with van der Waals surface area (Å²) in [7, 11) is 0. The lowest BCUT2D eigenvalue weighted by Crippen LogP contribution is -2.55. The van der Waals surface area contributed by atoms with Gasteiger partial charge in [-0.1, -0.05) is 24.4 Å². The first-order valence-electron chi connectivity index (χ1n) is 8.83. The van der Waals surface area contributed by atoms with Crippen molar-refractivity contribution in [3.63, 3.8) is 0 Å². The molecule has 1 aromatic carbocycles. The molecule has 7 heteroatoms. The second kappa shape index (κ2) is 8.43. The quantitative estimate of drug-likeness (QED) is 0.891. The number of hydrogen-bond acceptors (Lipinski definition) is 3. The fourth-order valence-corrected chi connectivity index (χ4v) is 3.39. The van der Waals surface area contributed by atoms with Gasteiger partial charge in [0, 0.05) is 37.2 Å². The van der Waals surface area contributed by atoms with Crippen molar-refractivity contribution in [3.8, 4) is 5.75 Å². The third-order valence-corrected chi connectivity index (χ3v) is 5.03. The standard InChI is InChI=1S/C18H24ClN3O3/c19-14-5-7-16(8-6-14)25-13-17(23)21-9-11-22(12-10-21)18(24)20-15-3-1-2-4-15/h5-8,15H,1-4,9-13H2,(H,20,24). The van der Waals surface area contributed by atoms with E-state index >= 15 is 0 Å². The van der Waals surface area contributed by atoms with Crippen LogP contribution in [0.3, 0.4) is 0 Å². The molecule has 3 amide bonds. The molecule has 1 N–H and O–H groups in total. The highest BCUT2D eigenvalue weighted by atomic mass is 35.5. The van der Waals surface area contributed by atoms with Gasteiger partial charge in [0.25, 0.3) is 5.91 Å². The van der Waals surface area contributed by atoms with Crippen LogP contribution in [0.5, 0.6) is 5.75 Å². The number of carbonyl (C=O) groups is 2. The van der Waals surface area contributed by atoms with Gasteiger partial charge >= 0.3 is 6.03 Å². The molecule has 1 saturated carbocycles. The molecule has 1 aromatic rings. The zero-order chi connectivity index (χ0) is 17.6. The van der Waals surface area contributed by atoms with E-state index in [1.807, 2.05) is 0 Å². The molecular weight excluding hydrogens is 342 g/mol. The average molecular weight is 366 g/mol. The summed E-state index contributed by atoms with van der Waals surface area (Å²) >= 11 is 5.82. The molecule has 0 atom stereocenters. The lowest BCUT2D eigenvalue weighted by molar-refractivity contribution is -0.134. The molecule has 0 bridgehead atoms. The number of urea groups is 1. The highest BCUT2D eigenvalue weighted by molar-refractivity contribution is 6.30. The van der Waals surface area contributed by atoms with Crippen LogP contribution in [0.4, 0.5) is 4.79 Å². The summed E-state index contributed by atoms with van der Waals surface area (Å²) in [6.07, 6.45) is 4.54. The van der Waals surface area contributed by atoms with Gasteiger partial charge in [0.2, 0.25) is 0 Å². The molecule has 0 unspecified atom stereocenters. The number of ether oxygens (including phenoxy) is 1. The van der Waals surface area contributed by atoms with Crippen LogP contribution < -0.4 is 10.1 Å². The summed E-state index contributed by atoms with van der Waals surface area (Å²) in [6, 6.07) is 7.24. The smallest absolute Gasteiger partial charge is 0.317 e. The van der Waals surface area contributed by atoms with Crippen LogP contribution in [-0.4, -0.2) is 60.6 Å². The van der Waals surface area contributed by atoms with Crippen molar-refractivity contribution in [3.05, 3.63) is 29.3 Å². The molecule has 1 heterocycles. The number of hydrogen-bond donors (Lipinski definition) is 1. The van der Waals surface area contributed by atoms with Gasteiger partial charge in [0.1, 0.15) is 5.75 Å². The van der Waals surface area contributed by atoms with E-state index < -0.39 is 0 Å². The predicted molar refractivity (Wildman–Crippen MR) is 95.9 cm³/mol. The molecular formula is C18H24ClN3O3. The average Bonchev–Trinajstić information content (AvgIpc) is 3.14. The van der Waals surface area contributed by atoms with Gasteiger partial charge in [0.05, 0.1) is 0 Å². The van der Waals surface area contributed by atoms with Gasteiger partial charge in [-0.2, -0.15) is 0 Å². The van der Waals surface area contributed by atoms with Crippen molar-refractivity contribution in [1.29, 1.82) is 0 Å². The number of piperazine rings is 1. The highest BCUT2D eigenvalue weighted by Gasteiger charge is 2.26. The monoisotopic (exact) mass is 365 g/mol. The Hall–Kier alpha value is -1.95. The number of nitrogens with zero attached hydrogens (tertiary/aromatic N) is 2. The molecule has 1 aliphatic heterocycles. The fourth-order valence-electron chi connectivity index (χ4n) is 3.26. The Kier molecular flexibility index (Phi) is 6.02. The third kappa shape index (κ3) is 5.01. The number of benzene rings is 1. The van der Waals surface area contributed by atoms with Crippen LogP contribution in [0.15, 0.2) is 24.3 Å². The van der Waals surface area contributed by atoms with Crippen LogP contribution in [-0.2, 0) is 4.79 Å². The summed E-state index contributed by atoms with van der Waals surface area (Å²) in [5.74, 6) is 0.554. The Bertz CT molecular complexity index is 594. The van der Waals surface area contributed by atoms with Gasteiger partial charge < -0.3 is 19.9 Å². The van der Waals surface area contributed by atoms with Crippen LogP contribution >= 0.6 is 11.6 Å². The summed E-state index contributed by atoms with van der Waals surface area (Å²) in [5.41, 5.74) is 0. The Labute approximate surface area is 153 Å². The summed E-state index contributed by atoms with van der Waals surface area (Å²) < 4.78 is 5.50. The largest absolute Gasteiger partial charge is 0.484 e. The number of nitrogens with one attached hydrogen (secondary N) is 1. The predicted octanol–water partition coefficient (Wildman–Crippen LogP) is 2.52. The maximum atomic E-state index is 12.2. The Morgan fingerprint density at radius 1 is 1.04 bits per heavy atom. The molecule has 0 radical (unpaired) electrons. The van der Waals surface area contributed by atoms with Crippen LogP contribution in [0, 0.1) is 0 Å². The molecule has 1 saturated heterocycles. The second-order valence-corrected chi connectivity index (χ2v) is 6.98. The molecule has 0 aromatic heterocycles. The SMILES string of the molecule is O=C(COc1ccc(Cl)cc1)N1CCN(C(=O)NC2CCCC2)CC1. The summed E-state index contributed by atoms with van der Waals surface area (Å²) in [5, 5.41) is 3.72. The summed E-state index contributed by atoms with van der Waals surface area (Å²) in [6.45, 7) is 2.20. The van der Waals surface area contributed by atoms with Crippen LogP contribution in [0.1, 0.15) is 25.7 Å². The fraction of sp³-hybridized carbons (Fsp3) is 0.556. The molecule has 2 aliphatic rings. The van der Waals surface area contributed by atoms with Crippen molar-refractivity contribution >= 4 is 23.5 Å². The van der Waals surface area contributed by atoms with E-state index in [0.717, 1.165) is 12.8 Å². The minimum absolute atomic E-state index is 0.00332. The molecule has 136 valence electrons. The first kappa shape index (κ1) is 17.9. The topological polar surface area (TPSA) is 61.9 Å². The second-order valence-electron chi connectivity index (χ2n) is 6.54. The molecule has 25 heavy (non-hydrogen) atoms. The van der Waals surface area contributed by atoms with E-state index in [-0.39, 0.29) is 18.5 Å². The lowest BCUT2D eigenvalue weighted by atomic mass is 10.2. The van der Waals surface area contributed by atoms with Gasteiger partial charge in [-0.15, -0.1) is 0 Å². The molecule has 0 spiro atoms. The normalized spacial score (nSPS) is 18.3. The van der Waals surface area contributed by atoms with Gasteiger partial charge in [0.15, 0.2) is 6.61 Å². The Morgan fingerprint density at radius 2 is 1.64 bits per heavy atom. The van der Waals surface area contributed by atoms with E-state index in [9.17, 15) is 9.59 Å². The Morgan fingerprint density at radius 3 is 2.28 bits per heavy atom. The minimum atomic E-state index is -0.0641. The van der Waals surface area contributed by atoms with Crippen LogP contribution in [0.25, 0.3) is 0 Å². The van der Waals surface area contributed by atoms with Gasteiger partial charge in [-0.3, -0.25) is 4.79 Å². The highest BCUT2D eigenvalue weighted by Crippen LogP contribution is 2.18. The zero-order valence-electron chi connectivity index (χ0n) is 14.2. The maximum absolute atomic E-state index is 12.2. The van der Waals surface area contributed by atoms with Crippen molar-refractivity contribution in [2.45, 2.75) is 31.7 Å². The first-order chi connectivity index (χ1) is 12.1. The van der Waals surface area contributed by atoms with E-state index in [2.05, 4.69) is 5.32 Å². The van der Waals surface area contributed by atoms with Gasteiger partial charge in [-0.25, -0.2) is 4.79 Å². The molecule has 6 nitrogen and oxygen atoms in total. The third-order valence-electron chi connectivity index (χ3n) is 4.78. The van der Waals surface area contributed by atoms with E-state index in [4.69, 9.17) is 16.3 Å².